The highest BCUT2D eigenvalue weighted by molar-refractivity contribution is 14.0. The number of nitrogens with one attached hydrogen (secondary N) is 2. The molecule has 6 nitrogen and oxygen atoms in total. The van der Waals surface area contributed by atoms with Gasteiger partial charge in [0.15, 0.2) is 5.96 Å². The topological polar surface area (TPSA) is 62.0 Å². The van der Waals surface area contributed by atoms with Gasteiger partial charge in [-0.1, -0.05) is 0 Å². The van der Waals surface area contributed by atoms with E-state index in [0.717, 1.165) is 76.4 Å². The Labute approximate surface area is 166 Å². The summed E-state index contributed by atoms with van der Waals surface area (Å²) >= 11 is 1.83. The molecule has 0 aromatic carbocycles. The standard InChI is InChI=1S/C16H28N4O2S.HI/c1-23-14-7-19-16(17-5-4-15-3-2-11-22-15)18-6-8-20-9-12-21-13-10-20;/h2-3,11H,4-10,12-14H2,1H3,(H2,17,18,19);1H. The predicted molar refractivity (Wildman–Crippen MR) is 112 cm³/mol. The predicted octanol–water partition coefficient (Wildman–Crippen LogP) is 1.67. The summed E-state index contributed by atoms with van der Waals surface area (Å²) in [5, 5.41) is 6.76. The van der Waals surface area contributed by atoms with Crippen LogP contribution >= 0.6 is 35.7 Å². The lowest BCUT2D eigenvalue weighted by Crippen LogP contribution is -2.41. The van der Waals surface area contributed by atoms with Crippen LogP contribution in [0.15, 0.2) is 27.8 Å². The molecule has 2 heterocycles. The first-order valence-electron chi connectivity index (χ1n) is 8.22. The number of furan rings is 1. The molecular formula is C16H29IN4O2S. The highest BCUT2D eigenvalue weighted by atomic mass is 127. The molecule has 1 aromatic rings. The molecule has 1 saturated heterocycles. The maximum absolute atomic E-state index is 5.37. The van der Waals surface area contributed by atoms with E-state index in [1.807, 2.05) is 23.9 Å². The summed E-state index contributed by atoms with van der Waals surface area (Å²) in [5.41, 5.74) is 0. The summed E-state index contributed by atoms with van der Waals surface area (Å²) in [5.74, 6) is 2.95. The molecule has 0 bridgehead atoms. The van der Waals surface area contributed by atoms with E-state index in [1.54, 1.807) is 6.26 Å². The first-order valence-corrected chi connectivity index (χ1v) is 9.61. The lowest BCUT2D eigenvalue weighted by molar-refractivity contribution is 0.0394. The van der Waals surface area contributed by atoms with E-state index in [9.17, 15) is 0 Å². The Balaban J connectivity index is 0.00000288. The van der Waals surface area contributed by atoms with E-state index in [2.05, 4.69) is 26.8 Å². The van der Waals surface area contributed by atoms with Crippen molar-refractivity contribution in [1.82, 2.24) is 15.5 Å². The van der Waals surface area contributed by atoms with Gasteiger partial charge in [0.05, 0.1) is 26.0 Å². The van der Waals surface area contributed by atoms with Crippen LogP contribution in [0.2, 0.25) is 0 Å². The van der Waals surface area contributed by atoms with Gasteiger partial charge in [0, 0.05) is 44.9 Å². The first-order chi connectivity index (χ1) is 11.4. The largest absolute Gasteiger partial charge is 0.469 e. The molecule has 1 fully saturated rings. The van der Waals surface area contributed by atoms with Crippen LogP contribution in [0.1, 0.15) is 5.76 Å². The normalized spacial score (nSPS) is 15.8. The molecule has 8 heteroatoms. The van der Waals surface area contributed by atoms with Crippen LogP contribution in [-0.4, -0.2) is 75.4 Å². The Hall–Kier alpha value is -0.450. The van der Waals surface area contributed by atoms with Crippen LogP contribution < -0.4 is 10.6 Å². The van der Waals surface area contributed by atoms with E-state index < -0.39 is 0 Å². The lowest BCUT2D eigenvalue weighted by atomic mass is 10.3. The highest BCUT2D eigenvalue weighted by Crippen LogP contribution is 1.99. The minimum atomic E-state index is 0. The minimum absolute atomic E-state index is 0. The van der Waals surface area contributed by atoms with Gasteiger partial charge in [0.1, 0.15) is 5.76 Å². The molecule has 0 amide bonds. The molecule has 1 aliphatic heterocycles. The fourth-order valence-corrected chi connectivity index (χ4v) is 2.64. The van der Waals surface area contributed by atoms with Gasteiger partial charge in [-0.15, -0.1) is 24.0 Å². The Morgan fingerprint density at radius 2 is 2.08 bits per heavy atom. The third-order valence-corrected chi connectivity index (χ3v) is 4.24. The SMILES string of the molecule is CSCCNC(=NCCN1CCOCC1)NCCc1ccco1.I. The van der Waals surface area contributed by atoms with Crippen LogP contribution in [0, 0.1) is 0 Å². The Bertz CT molecular complexity index is 439. The Morgan fingerprint density at radius 1 is 1.29 bits per heavy atom. The zero-order valence-corrected chi connectivity index (χ0v) is 17.5. The van der Waals surface area contributed by atoms with Crippen molar-refractivity contribution in [2.45, 2.75) is 6.42 Å². The molecule has 138 valence electrons. The van der Waals surface area contributed by atoms with Crippen LogP contribution in [0.5, 0.6) is 0 Å². The number of morpholine rings is 1. The van der Waals surface area contributed by atoms with E-state index in [4.69, 9.17) is 9.15 Å². The zero-order chi connectivity index (χ0) is 16.2. The maximum atomic E-state index is 5.37. The number of guanidine groups is 1. The molecule has 0 saturated carbocycles. The average molecular weight is 468 g/mol. The van der Waals surface area contributed by atoms with Crippen molar-refractivity contribution >= 4 is 41.7 Å². The van der Waals surface area contributed by atoms with Crippen molar-refractivity contribution < 1.29 is 9.15 Å². The number of aliphatic imine (C=N–C) groups is 1. The fraction of sp³-hybridized carbons (Fsp3) is 0.688. The van der Waals surface area contributed by atoms with Gasteiger partial charge in [-0.3, -0.25) is 9.89 Å². The van der Waals surface area contributed by atoms with Gasteiger partial charge >= 0.3 is 0 Å². The van der Waals surface area contributed by atoms with Crippen molar-refractivity contribution in [2.24, 2.45) is 4.99 Å². The zero-order valence-electron chi connectivity index (χ0n) is 14.3. The molecule has 1 aromatic heterocycles. The maximum Gasteiger partial charge on any atom is 0.191 e. The Morgan fingerprint density at radius 3 is 2.79 bits per heavy atom. The second kappa shape index (κ2) is 13.8. The summed E-state index contributed by atoms with van der Waals surface area (Å²) in [4.78, 5) is 7.08. The van der Waals surface area contributed by atoms with Crippen molar-refractivity contribution in [1.29, 1.82) is 0 Å². The Kier molecular flexibility index (Phi) is 12.4. The summed E-state index contributed by atoms with van der Waals surface area (Å²) in [6.07, 6.45) is 4.68. The van der Waals surface area contributed by atoms with Gasteiger partial charge in [-0.25, -0.2) is 0 Å². The molecule has 0 aliphatic carbocycles. The molecular weight excluding hydrogens is 439 g/mol. The number of hydrogen-bond donors (Lipinski definition) is 2. The van der Waals surface area contributed by atoms with E-state index in [0.29, 0.717) is 0 Å². The summed E-state index contributed by atoms with van der Waals surface area (Å²) in [6, 6.07) is 3.92. The van der Waals surface area contributed by atoms with Crippen molar-refractivity contribution in [3.63, 3.8) is 0 Å². The number of hydrogen-bond acceptors (Lipinski definition) is 5. The van der Waals surface area contributed by atoms with E-state index in [1.165, 1.54) is 0 Å². The van der Waals surface area contributed by atoms with Crippen LogP contribution in [0.4, 0.5) is 0 Å². The lowest BCUT2D eigenvalue weighted by Gasteiger charge is -2.25. The van der Waals surface area contributed by atoms with Crippen LogP contribution in [0.25, 0.3) is 0 Å². The highest BCUT2D eigenvalue weighted by Gasteiger charge is 2.09. The van der Waals surface area contributed by atoms with Crippen molar-refractivity contribution in [2.75, 3.05) is 64.5 Å². The average Bonchev–Trinajstić information content (AvgIpc) is 3.09. The number of halogens is 1. The summed E-state index contributed by atoms with van der Waals surface area (Å²) in [6.45, 7) is 7.22. The smallest absolute Gasteiger partial charge is 0.191 e. The summed E-state index contributed by atoms with van der Waals surface area (Å²) in [7, 11) is 0. The van der Waals surface area contributed by atoms with Crippen molar-refractivity contribution in [3.8, 4) is 0 Å². The van der Waals surface area contributed by atoms with Gasteiger partial charge in [0.2, 0.25) is 0 Å². The number of nitrogens with zero attached hydrogens (tertiary/aromatic N) is 2. The number of ether oxygens (including phenoxy) is 1. The van der Waals surface area contributed by atoms with Gasteiger partial charge in [0.25, 0.3) is 0 Å². The molecule has 1 aliphatic rings. The number of rotatable bonds is 9. The van der Waals surface area contributed by atoms with Crippen LogP contribution in [0.3, 0.4) is 0 Å². The van der Waals surface area contributed by atoms with Crippen molar-refractivity contribution in [3.05, 3.63) is 24.2 Å². The second-order valence-electron chi connectivity index (χ2n) is 5.36. The summed E-state index contributed by atoms with van der Waals surface area (Å²) < 4.78 is 10.7. The third-order valence-electron chi connectivity index (χ3n) is 3.63. The molecule has 0 atom stereocenters. The number of thioether (sulfide) groups is 1. The quantitative estimate of drug-likeness (QED) is 0.249. The monoisotopic (exact) mass is 468 g/mol. The molecule has 0 radical (unpaired) electrons. The molecule has 24 heavy (non-hydrogen) atoms. The molecule has 0 spiro atoms. The molecule has 2 rings (SSSR count). The van der Waals surface area contributed by atoms with Crippen LogP contribution in [-0.2, 0) is 11.2 Å². The van der Waals surface area contributed by atoms with E-state index in [-0.39, 0.29) is 24.0 Å². The fourth-order valence-electron chi connectivity index (χ4n) is 2.33. The third kappa shape index (κ3) is 9.14. The molecule has 0 unspecified atom stereocenters. The second-order valence-corrected chi connectivity index (χ2v) is 6.35. The first kappa shape index (κ1) is 21.6. The molecule has 2 N–H and O–H groups in total. The van der Waals surface area contributed by atoms with Gasteiger partial charge in [-0.2, -0.15) is 11.8 Å². The minimum Gasteiger partial charge on any atom is -0.469 e. The van der Waals surface area contributed by atoms with Gasteiger partial charge in [-0.05, 0) is 18.4 Å². The van der Waals surface area contributed by atoms with E-state index >= 15 is 0 Å². The van der Waals surface area contributed by atoms with Gasteiger partial charge < -0.3 is 19.8 Å².